The lowest BCUT2D eigenvalue weighted by Crippen LogP contribution is -2.19. The maximum Gasteiger partial charge on any atom is 0.264 e. The predicted octanol–water partition coefficient (Wildman–Crippen LogP) is 5.94. The summed E-state index contributed by atoms with van der Waals surface area (Å²) in [5.41, 5.74) is 1.28. The van der Waals surface area contributed by atoms with Crippen LogP contribution in [0.2, 0.25) is 15.1 Å². The maximum atomic E-state index is 12.2. The van der Waals surface area contributed by atoms with Crippen LogP contribution >= 0.6 is 46.6 Å². The molecule has 0 aromatic heterocycles. The van der Waals surface area contributed by atoms with Crippen molar-refractivity contribution in [3.63, 3.8) is 0 Å². The first-order valence-corrected chi connectivity index (χ1v) is 9.58. The Kier molecular flexibility index (Phi) is 6.14. The molecule has 1 N–H and O–H groups in total. The molecule has 0 radical (unpaired) electrons. The van der Waals surface area contributed by atoms with Crippen LogP contribution in [0, 0.1) is 0 Å². The predicted molar refractivity (Wildman–Crippen MR) is 110 cm³/mol. The highest BCUT2D eigenvalue weighted by Crippen LogP contribution is 2.34. The Hall–Kier alpha value is -1.66. The van der Waals surface area contributed by atoms with E-state index in [1.54, 1.807) is 18.2 Å². The van der Waals surface area contributed by atoms with Gasteiger partial charge in [0.05, 0.1) is 27.2 Å². The van der Waals surface area contributed by atoms with E-state index in [0.717, 1.165) is 5.75 Å². The molecule has 26 heavy (non-hydrogen) atoms. The summed E-state index contributed by atoms with van der Waals surface area (Å²) >= 11 is 19.4. The third-order valence-electron chi connectivity index (χ3n) is 3.34. The van der Waals surface area contributed by atoms with E-state index in [9.17, 15) is 4.79 Å². The third-order valence-corrected chi connectivity index (χ3v) is 5.28. The number of carbonyl (C=O) groups excluding carboxylic acids is 1. The largest absolute Gasteiger partial charge is 0.494 e. The SMILES string of the molecule is CCOc1ccc(N=C2NC(=O)/C(=C\c3cc(Cl)cc(Cl)c3Cl)S2)cc1. The fourth-order valence-corrected chi connectivity index (χ4v) is 3.71. The first-order chi connectivity index (χ1) is 12.5. The molecule has 1 aliphatic rings. The first-order valence-electron chi connectivity index (χ1n) is 7.63. The number of amides is 1. The Balaban J connectivity index is 1.82. The highest BCUT2D eigenvalue weighted by Gasteiger charge is 2.24. The van der Waals surface area contributed by atoms with Crippen molar-refractivity contribution in [2.75, 3.05) is 6.61 Å². The minimum Gasteiger partial charge on any atom is -0.494 e. The number of carbonyl (C=O) groups is 1. The van der Waals surface area contributed by atoms with Gasteiger partial charge in [-0.1, -0.05) is 34.8 Å². The van der Waals surface area contributed by atoms with Crippen molar-refractivity contribution >= 4 is 69.4 Å². The molecular formula is C18H13Cl3N2O2S. The molecule has 1 saturated heterocycles. The summed E-state index contributed by atoms with van der Waals surface area (Å²) in [6, 6.07) is 10.5. The number of ether oxygens (including phenoxy) is 1. The van der Waals surface area contributed by atoms with Crippen LogP contribution in [0.4, 0.5) is 5.69 Å². The summed E-state index contributed by atoms with van der Waals surface area (Å²) in [7, 11) is 0. The molecular weight excluding hydrogens is 415 g/mol. The lowest BCUT2D eigenvalue weighted by atomic mass is 10.2. The van der Waals surface area contributed by atoms with Crippen LogP contribution in [0.25, 0.3) is 6.08 Å². The van der Waals surface area contributed by atoms with Gasteiger partial charge < -0.3 is 10.1 Å². The van der Waals surface area contributed by atoms with Gasteiger partial charge in [-0.05, 0) is 66.7 Å². The zero-order valence-electron chi connectivity index (χ0n) is 13.6. The smallest absolute Gasteiger partial charge is 0.264 e. The fraction of sp³-hybridized carbons (Fsp3) is 0.111. The monoisotopic (exact) mass is 426 g/mol. The topological polar surface area (TPSA) is 50.7 Å². The fourth-order valence-electron chi connectivity index (χ4n) is 2.20. The molecule has 0 bridgehead atoms. The number of nitrogens with one attached hydrogen (secondary N) is 1. The Bertz CT molecular complexity index is 911. The van der Waals surface area contributed by atoms with Crippen molar-refractivity contribution in [2.45, 2.75) is 6.92 Å². The maximum absolute atomic E-state index is 12.2. The zero-order valence-corrected chi connectivity index (χ0v) is 16.6. The van der Waals surface area contributed by atoms with Gasteiger partial charge in [0.15, 0.2) is 5.17 Å². The first kappa shape index (κ1) is 19.1. The Morgan fingerprint density at radius 2 is 1.92 bits per heavy atom. The van der Waals surface area contributed by atoms with E-state index < -0.39 is 0 Å². The van der Waals surface area contributed by atoms with Crippen molar-refractivity contribution in [1.29, 1.82) is 0 Å². The molecule has 2 aromatic carbocycles. The molecule has 1 amide bonds. The van der Waals surface area contributed by atoms with E-state index in [1.807, 2.05) is 31.2 Å². The van der Waals surface area contributed by atoms with E-state index in [1.165, 1.54) is 11.8 Å². The third kappa shape index (κ3) is 4.54. The van der Waals surface area contributed by atoms with E-state index >= 15 is 0 Å². The molecule has 2 aromatic rings. The summed E-state index contributed by atoms with van der Waals surface area (Å²) in [4.78, 5) is 17.1. The van der Waals surface area contributed by atoms with Gasteiger partial charge >= 0.3 is 0 Å². The Morgan fingerprint density at radius 1 is 1.19 bits per heavy atom. The summed E-state index contributed by atoms with van der Waals surface area (Å²) in [6.45, 7) is 2.52. The van der Waals surface area contributed by atoms with Gasteiger partial charge in [-0.25, -0.2) is 4.99 Å². The minimum absolute atomic E-state index is 0.258. The minimum atomic E-state index is -0.258. The Morgan fingerprint density at radius 3 is 2.62 bits per heavy atom. The van der Waals surface area contributed by atoms with Crippen LogP contribution < -0.4 is 10.1 Å². The average molecular weight is 428 g/mol. The van der Waals surface area contributed by atoms with Crippen molar-refractivity contribution in [1.82, 2.24) is 5.32 Å². The van der Waals surface area contributed by atoms with E-state index in [0.29, 0.717) is 43.0 Å². The molecule has 134 valence electrons. The molecule has 0 aliphatic carbocycles. The van der Waals surface area contributed by atoms with Crippen molar-refractivity contribution < 1.29 is 9.53 Å². The van der Waals surface area contributed by atoms with Crippen LogP contribution in [0.3, 0.4) is 0 Å². The van der Waals surface area contributed by atoms with Crippen molar-refractivity contribution in [3.8, 4) is 5.75 Å². The highest BCUT2D eigenvalue weighted by molar-refractivity contribution is 8.18. The molecule has 4 nitrogen and oxygen atoms in total. The van der Waals surface area contributed by atoms with Crippen LogP contribution in [-0.2, 0) is 4.79 Å². The molecule has 1 fully saturated rings. The number of aliphatic imine (C=N–C) groups is 1. The van der Waals surface area contributed by atoms with E-state index in [-0.39, 0.29) is 5.91 Å². The van der Waals surface area contributed by atoms with Gasteiger partial charge in [0, 0.05) is 5.02 Å². The van der Waals surface area contributed by atoms with Crippen LogP contribution in [0.15, 0.2) is 46.3 Å². The lowest BCUT2D eigenvalue weighted by Gasteiger charge is -2.03. The summed E-state index contributed by atoms with van der Waals surface area (Å²) in [5, 5.41) is 4.32. The van der Waals surface area contributed by atoms with Gasteiger partial charge in [-0.3, -0.25) is 4.79 Å². The van der Waals surface area contributed by atoms with Gasteiger partial charge in [0.2, 0.25) is 0 Å². The van der Waals surface area contributed by atoms with Gasteiger partial charge in [0.1, 0.15) is 5.75 Å². The summed E-state index contributed by atoms with van der Waals surface area (Å²) in [6.07, 6.45) is 1.64. The second kappa shape index (κ2) is 8.35. The van der Waals surface area contributed by atoms with Gasteiger partial charge in [0.25, 0.3) is 5.91 Å². The number of thioether (sulfide) groups is 1. The second-order valence-corrected chi connectivity index (χ2v) is 7.45. The molecule has 8 heteroatoms. The highest BCUT2D eigenvalue weighted by atomic mass is 35.5. The molecule has 0 saturated carbocycles. The average Bonchev–Trinajstić information content (AvgIpc) is 2.93. The lowest BCUT2D eigenvalue weighted by molar-refractivity contribution is -0.115. The molecule has 1 heterocycles. The molecule has 0 unspecified atom stereocenters. The van der Waals surface area contributed by atoms with Crippen molar-refractivity contribution in [2.24, 2.45) is 4.99 Å². The normalized spacial score (nSPS) is 17.0. The number of hydrogen-bond acceptors (Lipinski definition) is 4. The number of halogens is 3. The van der Waals surface area contributed by atoms with E-state index in [2.05, 4.69) is 10.3 Å². The van der Waals surface area contributed by atoms with Crippen LogP contribution in [-0.4, -0.2) is 17.7 Å². The number of amidine groups is 1. The molecule has 1 aliphatic heterocycles. The van der Waals surface area contributed by atoms with Crippen LogP contribution in [0.5, 0.6) is 5.75 Å². The molecule has 3 rings (SSSR count). The zero-order chi connectivity index (χ0) is 18.7. The molecule has 0 spiro atoms. The number of hydrogen-bond donors (Lipinski definition) is 1. The second-order valence-electron chi connectivity index (χ2n) is 5.20. The number of benzene rings is 2. The number of rotatable bonds is 4. The summed E-state index contributed by atoms with van der Waals surface area (Å²) in [5.74, 6) is 0.513. The quantitative estimate of drug-likeness (QED) is 0.485. The van der Waals surface area contributed by atoms with Crippen LogP contribution in [0.1, 0.15) is 12.5 Å². The summed E-state index contributed by atoms with van der Waals surface area (Å²) < 4.78 is 5.40. The Labute approximate surface area is 170 Å². The standard InChI is InChI=1S/C18H13Cl3N2O2S/c1-2-25-13-5-3-12(4-6-13)22-18-23-17(24)15(26-18)8-10-7-11(19)9-14(20)16(10)21/h3-9H,2H2,1H3,(H,22,23,24)/b15-8+. The van der Waals surface area contributed by atoms with Gasteiger partial charge in [-0.15, -0.1) is 0 Å². The molecule has 0 atom stereocenters. The van der Waals surface area contributed by atoms with Crippen molar-refractivity contribution in [3.05, 3.63) is 61.9 Å². The number of nitrogens with zero attached hydrogens (tertiary/aromatic N) is 1. The van der Waals surface area contributed by atoms with E-state index in [4.69, 9.17) is 39.5 Å². The van der Waals surface area contributed by atoms with Gasteiger partial charge in [-0.2, -0.15) is 0 Å².